The van der Waals surface area contributed by atoms with E-state index in [1.807, 2.05) is 6.92 Å². The number of aromatic nitrogens is 3. The Hall–Kier alpha value is -1.67. The number of rotatable bonds is 7. The zero-order valence-electron chi connectivity index (χ0n) is 13.5. The van der Waals surface area contributed by atoms with Crippen molar-refractivity contribution < 1.29 is 9.15 Å². The maximum Gasteiger partial charge on any atom is 0.211 e. The van der Waals surface area contributed by atoms with E-state index in [2.05, 4.69) is 15.3 Å². The molecule has 0 aliphatic rings. The van der Waals surface area contributed by atoms with Crippen LogP contribution < -0.4 is 4.74 Å². The van der Waals surface area contributed by atoms with Gasteiger partial charge in [0.15, 0.2) is 5.75 Å². The third-order valence-electron chi connectivity index (χ3n) is 3.09. The lowest BCUT2D eigenvalue weighted by Gasteiger charge is -2.08. The molecule has 1 aromatic carbocycles. The molecule has 3 rings (SSSR count). The van der Waals surface area contributed by atoms with Crippen molar-refractivity contribution in [3.8, 4) is 5.75 Å². The third kappa shape index (κ3) is 4.73. The lowest BCUT2D eigenvalue weighted by molar-refractivity contribution is 0.270. The predicted molar refractivity (Wildman–Crippen MR) is 104 cm³/mol. The van der Waals surface area contributed by atoms with E-state index in [-0.39, 0.29) is 6.61 Å². The molecule has 0 aliphatic heterocycles. The van der Waals surface area contributed by atoms with Crippen molar-refractivity contribution in [1.29, 1.82) is 0 Å². The Labute approximate surface area is 169 Å². The first kappa shape index (κ1) is 19.1. The van der Waals surface area contributed by atoms with Crippen molar-refractivity contribution in [2.75, 3.05) is 5.75 Å². The highest BCUT2D eigenvalue weighted by Crippen LogP contribution is 2.36. The fourth-order valence-corrected chi connectivity index (χ4v) is 3.51. The van der Waals surface area contributed by atoms with Gasteiger partial charge in [0.2, 0.25) is 5.16 Å². The average Bonchev–Trinajstić information content (AvgIpc) is 3.21. The molecule has 0 aliphatic carbocycles. The van der Waals surface area contributed by atoms with Crippen molar-refractivity contribution in [2.24, 2.45) is 5.10 Å². The van der Waals surface area contributed by atoms with Crippen LogP contribution in [0, 0.1) is 0 Å². The van der Waals surface area contributed by atoms with E-state index in [4.69, 9.17) is 44.0 Å². The van der Waals surface area contributed by atoms with Crippen LogP contribution in [0.4, 0.5) is 0 Å². The molecule has 0 radical (unpaired) electrons. The lowest BCUT2D eigenvalue weighted by Crippen LogP contribution is -1.95. The topological polar surface area (TPSA) is 65.4 Å². The van der Waals surface area contributed by atoms with Gasteiger partial charge in [-0.3, -0.25) is 0 Å². The van der Waals surface area contributed by atoms with Crippen LogP contribution in [0.1, 0.15) is 18.4 Å². The quantitative estimate of drug-likeness (QED) is 0.370. The standard InChI is InChI=1S/C16H13Cl3N4O2S/c1-2-26-16-22-20-9-23(16)21-7-11-3-4-12(25-11)8-24-15-13(18)5-10(17)6-14(15)19/h3-7,9H,2,8H2,1H3/b21-7+. The first-order valence-corrected chi connectivity index (χ1v) is 9.62. The number of hydrogen-bond donors (Lipinski definition) is 0. The molecule has 0 bridgehead atoms. The van der Waals surface area contributed by atoms with Gasteiger partial charge < -0.3 is 9.15 Å². The van der Waals surface area contributed by atoms with Crippen LogP contribution in [0.25, 0.3) is 0 Å². The van der Waals surface area contributed by atoms with Crippen molar-refractivity contribution in [3.05, 3.63) is 57.2 Å². The minimum atomic E-state index is 0.165. The molecule has 2 heterocycles. The van der Waals surface area contributed by atoms with Crippen molar-refractivity contribution in [2.45, 2.75) is 18.7 Å². The smallest absolute Gasteiger partial charge is 0.211 e. The second-order valence-corrected chi connectivity index (χ2v) is 7.41. The van der Waals surface area contributed by atoms with Gasteiger partial charge in [-0.15, -0.1) is 10.2 Å². The molecular weight excluding hydrogens is 419 g/mol. The minimum absolute atomic E-state index is 0.165. The van der Waals surface area contributed by atoms with Crippen LogP contribution in [0.2, 0.25) is 15.1 Å². The summed E-state index contributed by atoms with van der Waals surface area (Å²) in [4.78, 5) is 0. The molecule has 0 atom stereocenters. The van der Waals surface area contributed by atoms with Gasteiger partial charge in [-0.2, -0.15) is 9.78 Å². The molecule has 0 amide bonds. The predicted octanol–water partition coefficient (Wildman–Crippen LogP) is 5.40. The highest BCUT2D eigenvalue weighted by Gasteiger charge is 2.11. The van der Waals surface area contributed by atoms with Crippen molar-refractivity contribution in [1.82, 2.24) is 14.9 Å². The second kappa shape index (κ2) is 8.81. The van der Waals surface area contributed by atoms with Gasteiger partial charge in [-0.25, -0.2) is 0 Å². The fourth-order valence-electron chi connectivity index (χ4n) is 1.99. The molecule has 0 N–H and O–H groups in total. The van der Waals surface area contributed by atoms with Crippen LogP contribution >= 0.6 is 46.6 Å². The van der Waals surface area contributed by atoms with E-state index < -0.39 is 0 Å². The summed E-state index contributed by atoms with van der Waals surface area (Å²) >= 11 is 19.6. The molecule has 0 spiro atoms. The summed E-state index contributed by atoms with van der Waals surface area (Å²) in [5.41, 5.74) is 0. The molecule has 2 aromatic heterocycles. The maximum atomic E-state index is 6.09. The summed E-state index contributed by atoms with van der Waals surface area (Å²) in [6.45, 7) is 2.20. The molecule has 136 valence electrons. The van der Waals surface area contributed by atoms with Crippen LogP contribution in [0.3, 0.4) is 0 Å². The normalized spacial score (nSPS) is 11.4. The first-order chi connectivity index (χ1) is 12.6. The van der Waals surface area contributed by atoms with E-state index >= 15 is 0 Å². The van der Waals surface area contributed by atoms with Crippen LogP contribution in [0.15, 0.2) is 45.3 Å². The largest absolute Gasteiger partial charge is 0.483 e. The summed E-state index contributed by atoms with van der Waals surface area (Å²) in [6.07, 6.45) is 3.11. The highest BCUT2D eigenvalue weighted by molar-refractivity contribution is 7.99. The number of hydrogen-bond acceptors (Lipinski definition) is 6. The van der Waals surface area contributed by atoms with E-state index in [0.717, 1.165) is 5.75 Å². The Morgan fingerprint density at radius 1 is 1.27 bits per heavy atom. The monoisotopic (exact) mass is 430 g/mol. The summed E-state index contributed by atoms with van der Waals surface area (Å²) in [6, 6.07) is 6.70. The Kier molecular flexibility index (Phi) is 6.48. The zero-order chi connectivity index (χ0) is 18.5. The molecule has 6 nitrogen and oxygen atoms in total. The van der Waals surface area contributed by atoms with Crippen LogP contribution in [-0.4, -0.2) is 26.8 Å². The van der Waals surface area contributed by atoms with E-state index in [1.54, 1.807) is 46.9 Å². The van der Waals surface area contributed by atoms with Crippen molar-refractivity contribution >= 4 is 52.8 Å². The van der Waals surface area contributed by atoms with Crippen LogP contribution in [-0.2, 0) is 6.61 Å². The molecule has 26 heavy (non-hydrogen) atoms. The van der Waals surface area contributed by atoms with Gasteiger partial charge in [0.25, 0.3) is 0 Å². The molecule has 0 unspecified atom stereocenters. The van der Waals surface area contributed by atoms with Gasteiger partial charge in [-0.05, 0) is 30.0 Å². The number of thioether (sulfide) groups is 1. The Morgan fingerprint density at radius 3 is 2.77 bits per heavy atom. The SMILES string of the molecule is CCSc1nncn1/N=C/c1ccc(COc2c(Cl)cc(Cl)cc2Cl)o1. The molecule has 10 heteroatoms. The van der Waals surface area contributed by atoms with E-state index in [1.165, 1.54) is 6.33 Å². The number of halogens is 3. The Balaban J connectivity index is 1.65. The summed E-state index contributed by atoms with van der Waals surface area (Å²) in [7, 11) is 0. The van der Waals surface area contributed by atoms with Crippen molar-refractivity contribution in [3.63, 3.8) is 0 Å². The Morgan fingerprint density at radius 2 is 2.04 bits per heavy atom. The zero-order valence-corrected chi connectivity index (χ0v) is 16.6. The number of nitrogens with zero attached hydrogens (tertiary/aromatic N) is 4. The summed E-state index contributed by atoms with van der Waals surface area (Å²) in [5, 5.41) is 13.9. The van der Waals surface area contributed by atoms with Gasteiger partial charge in [0.05, 0.1) is 16.3 Å². The van der Waals surface area contributed by atoms with Gasteiger partial charge >= 0.3 is 0 Å². The fraction of sp³-hybridized carbons (Fsp3) is 0.188. The average molecular weight is 432 g/mol. The number of ether oxygens (including phenoxy) is 1. The molecular formula is C16H13Cl3N4O2S. The van der Waals surface area contributed by atoms with Gasteiger partial charge in [-0.1, -0.05) is 53.5 Å². The third-order valence-corrected chi connectivity index (χ3v) is 4.68. The van der Waals surface area contributed by atoms with Gasteiger partial charge in [0.1, 0.15) is 24.5 Å². The summed E-state index contributed by atoms with van der Waals surface area (Å²) < 4.78 is 12.9. The van der Waals surface area contributed by atoms with E-state index in [0.29, 0.717) is 37.5 Å². The molecule has 0 saturated carbocycles. The number of benzene rings is 1. The molecule has 0 saturated heterocycles. The minimum Gasteiger partial charge on any atom is -0.483 e. The van der Waals surface area contributed by atoms with E-state index in [9.17, 15) is 0 Å². The van der Waals surface area contributed by atoms with Crippen LogP contribution in [0.5, 0.6) is 5.75 Å². The van der Waals surface area contributed by atoms with Gasteiger partial charge in [0, 0.05) is 5.02 Å². The second-order valence-electron chi connectivity index (χ2n) is 4.93. The lowest BCUT2D eigenvalue weighted by atomic mass is 10.3. The first-order valence-electron chi connectivity index (χ1n) is 7.50. The summed E-state index contributed by atoms with van der Waals surface area (Å²) in [5.74, 6) is 2.40. The highest BCUT2D eigenvalue weighted by atomic mass is 35.5. The molecule has 0 fully saturated rings. The number of furan rings is 1. The molecule has 3 aromatic rings. The maximum absolute atomic E-state index is 6.09. The Bertz CT molecular complexity index is 903.